The highest BCUT2D eigenvalue weighted by molar-refractivity contribution is 7.89. The molecular formula is C23H28ClN3O4S. The van der Waals surface area contributed by atoms with E-state index in [9.17, 15) is 13.2 Å². The first-order valence-electron chi connectivity index (χ1n) is 11.0. The Morgan fingerprint density at radius 1 is 1.12 bits per heavy atom. The number of amides is 1. The predicted octanol–water partition coefficient (Wildman–Crippen LogP) is 3.33. The predicted molar refractivity (Wildman–Crippen MR) is 125 cm³/mol. The van der Waals surface area contributed by atoms with Gasteiger partial charge in [-0.25, -0.2) is 13.1 Å². The van der Waals surface area contributed by atoms with E-state index in [1.807, 2.05) is 18.2 Å². The smallest absolute Gasteiger partial charge is 0.251 e. The normalized spacial score (nSPS) is 18.8. The summed E-state index contributed by atoms with van der Waals surface area (Å²) in [7, 11) is -3.87. The molecule has 2 aliphatic rings. The first-order valence-corrected chi connectivity index (χ1v) is 12.8. The van der Waals surface area contributed by atoms with Gasteiger partial charge in [-0.15, -0.1) is 0 Å². The molecule has 7 nitrogen and oxygen atoms in total. The van der Waals surface area contributed by atoms with Gasteiger partial charge in [0.25, 0.3) is 5.91 Å². The van der Waals surface area contributed by atoms with Crippen molar-refractivity contribution < 1.29 is 17.9 Å². The molecule has 0 radical (unpaired) electrons. The number of hydrogen-bond donors (Lipinski definition) is 2. The van der Waals surface area contributed by atoms with Crippen molar-refractivity contribution >= 4 is 33.2 Å². The fraction of sp³-hybridized carbons (Fsp3) is 0.435. The van der Waals surface area contributed by atoms with Gasteiger partial charge >= 0.3 is 0 Å². The maximum Gasteiger partial charge on any atom is 0.251 e. The summed E-state index contributed by atoms with van der Waals surface area (Å²) in [6.45, 7) is 3.21. The van der Waals surface area contributed by atoms with Gasteiger partial charge in [-0.05, 0) is 55.5 Å². The van der Waals surface area contributed by atoms with Crippen molar-refractivity contribution in [3.8, 4) is 0 Å². The van der Waals surface area contributed by atoms with E-state index < -0.39 is 10.0 Å². The summed E-state index contributed by atoms with van der Waals surface area (Å²) >= 11 is 6.16. The van der Waals surface area contributed by atoms with Crippen LogP contribution in [0.4, 0.5) is 5.69 Å². The van der Waals surface area contributed by atoms with Gasteiger partial charge in [0, 0.05) is 44.0 Å². The minimum Gasteiger partial charge on any atom is -0.377 e. The third-order valence-electron chi connectivity index (χ3n) is 5.89. The zero-order valence-corrected chi connectivity index (χ0v) is 19.4. The Hall–Kier alpha value is -2.13. The second kappa shape index (κ2) is 10.2. The number of anilines is 1. The molecular weight excluding hydrogens is 450 g/mol. The van der Waals surface area contributed by atoms with Gasteiger partial charge in [0.15, 0.2) is 0 Å². The maximum atomic E-state index is 12.8. The zero-order chi connectivity index (χ0) is 22.6. The van der Waals surface area contributed by atoms with Crippen LogP contribution < -0.4 is 14.9 Å². The number of hydrogen-bond acceptors (Lipinski definition) is 5. The molecule has 0 aliphatic carbocycles. The summed E-state index contributed by atoms with van der Waals surface area (Å²) in [6.07, 6.45) is 3.94. The number of nitrogens with one attached hydrogen (secondary N) is 2. The van der Waals surface area contributed by atoms with Crippen LogP contribution in [0.2, 0.25) is 5.02 Å². The van der Waals surface area contributed by atoms with Crippen LogP contribution >= 0.6 is 11.6 Å². The van der Waals surface area contributed by atoms with E-state index in [0.29, 0.717) is 13.2 Å². The molecule has 0 spiro atoms. The third kappa shape index (κ3) is 5.43. The standard InChI is InChI=1S/C23H28ClN3O4S/c24-20-10-9-17(14-22(20)32(29,30)26-16-19-7-5-13-31-19)23(28)25-15-18-6-1-2-8-21(18)27-11-3-4-12-27/h1-2,6,8-10,14,19,26H,3-5,7,11-13,15-16H2,(H,25,28). The van der Waals surface area contributed by atoms with Crippen LogP contribution in [0.25, 0.3) is 0 Å². The Kier molecular flexibility index (Phi) is 7.35. The van der Waals surface area contributed by atoms with Crippen LogP contribution in [0.15, 0.2) is 47.4 Å². The topological polar surface area (TPSA) is 87.7 Å². The van der Waals surface area contributed by atoms with Gasteiger partial charge in [0.2, 0.25) is 10.0 Å². The van der Waals surface area contributed by atoms with Crippen molar-refractivity contribution in [1.82, 2.24) is 10.0 Å². The first-order chi connectivity index (χ1) is 15.4. The third-order valence-corrected chi connectivity index (χ3v) is 7.79. The van der Waals surface area contributed by atoms with Crippen LogP contribution in [0, 0.1) is 0 Å². The van der Waals surface area contributed by atoms with E-state index in [2.05, 4.69) is 21.0 Å². The average molecular weight is 478 g/mol. The monoisotopic (exact) mass is 477 g/mol. The van der Waals surface area contributed by atoms with Gasteiger partial charge in [-0.2, -0.15) is 0 Å². The van der Waals surface area contributed by atoms with Crippen molar-refractivity contribution in [3.63, 3.8) is 0 Å². The molecule has 0 saturated carbocycles. The molecule has 1 unspecified atom stereocenters. The van der Waals surface area contributed by atoms with E-state index in [0.717, 1.165) is 37.2 Å². The van der Waals surface area contributed by atoms with Crippen LogP contribution in [-0.2, 0) is 21.3 Å². The number of carbonyl (C=O) groups is 1. The summed E-state index contributed by atoms with van der Waals surface area (Å²) in [4.78, 5) is 15.0. The first kappa shape index (κ1) is 23.0. The fourth-order valence-corrected chi connectivity index (χ4v) is 5.73. The number of ether oxygens (including phenoxy) is 1. The van der Waals surface area contributed by atoms with E-state index in [4.69, 9.17) is 16.3 Å². The molecule has 1 atom stereocenters. The lowest BCUT2D eigenvalue weighted by Crippen LogP contribution is -2.32. The largest absolute Gasteiger partial charge is 0.377 e. The maximum absolute atomic E-state index is 12.8. The molecule has 172 valence electrons. The van der Waals surface area contributed by atoms with Gasteiger partial charge < -0.3 is 15.0 Å². The summed E-state index contributed by atoms with van der Waals surface area (Å²) in [6, 6.07) is 12.3. The van der Waals surface area contributed by atoms with Crippen LogP contribution in [0.5, 0.6) is 0 Å². The number of nitrogens with zero attached hydrogens (tertiary/aromatic N) is 1. The van der Waals surface area contributed by atoms with Crippen LogP contribution in [0.3, 0.4) is 0 Å². The molecule has 2 aromatic carbocycles. The summed E-state index contributed by atoms with van der Waals surface area (Å²) in [5.74, 6) is -0.353. The Morgan fingerprint density at radius 3 is 2.66 bits per heavy atom. The highest BCUT2D eigenvalue weighted by Crippen LogP contribution is 2.25. The van der Waals surface area contributed by atoms with Crippen molar-refractivity contribution in [1.29, 1.82) is 0 Å². The summed E-state index contributed by atoms with van der Waals surface area (Å²) in [5, 5.41) is 2.98. The van der Waals surface area contributed by atoms with E-state index in [1.54, 1.807) is 0 Å². The number of rotatable bonds is 8. The summed E-state index contributed by atoms with van der Waals surface area (Å²) in [5.41, 5.74) is 2.40. The SMILES string of the molecule is O=C(NCc1ccccc1N1CCCC1)c1ccc(Cl)c(S(=O)(=O)NCC2CCCO2)c1. The number of halogens is 1. The zero-order valence-electron chi connectivity index (χ0n) is 17.8. The highest BCUT2D eigenvalue weighted by Gasteiger charge is 2.23. The lowest BCUT2D eigenvalue weighted by molar-refractivity contribution is 0.0950. The second-order valence-corrected chi connectivity index (χ2v) is 10.3. The molecule has 2 fully saturated rings. The second-order valence-electron chi connectivity index (χ2n) is 8.14. The van der Waals surface area contributed by atoms with Crippen LogP contribution in [0.1, 0.15) is 41.6 Å². The lowest BCUT2D eigenvalue weighted by Gasteiger charge is -2.21. The van der Waals surface area contributed by atoms with E-state index >= 15 is 0 Å². The molecule has 2 aliphatic heterocycles. The van der Waals surface area contributed by atoms with E-state index in [1.165, 1.54) is 31.0 Å². The number of carbonyl (C=O) groups excluding carboxylic acids is 1. The van der Waals surface area contributed by atoms with Gasteiger partial charge in [0.1, 0.15) is 4.90 Å². The minimum absolute atomic E-state index is 0.0702. The number of benzene rings is 2. The van der Waals surface area contributed by atoms with Crippen molar-refractivity contribution in [2.75, 3.05) is 31.1 Å². The number of para-hydroxylation sites is 1. The Morgan fingerprint density at radius 2 is 1.91 bits per heavy atom. The molecule has 9 heteroatoms. The molecule has 2 saturated heterocycles. The van der Waals surface area contributed by atoms with Crippen molar-refractivity contribution in [3.05, 3.63) is 58.6 Å². The minimum atomic E-state index is -3.87. The molecule has 32 heavy (non-hydrogen) atoms. The van der Waals surface area contributed by atoms with Gasteiger partial charge in [-0.3, -0.25) is 4.79 Å². The van der Waals surface area contributed by atoms with Gasteiger partial charge in [0.05, 0.1) is 11.1 Å². The lowest BCUT2D eigenvalue weighted by atomic mass is 10.1. The molecule has 2 heterocycles. The Labute approximate surface area is 194 Å². The summed E-state index contributed by atoms with van der Waals surface area (Å²) < 4.78 is 33.6. The molecule has 0 bridgehead atoms. The quantitative estimate of drug-likeness (QED) is 0.609. The molecule has 2 N–H and O–H groups in total. The van der Waals surface area contributed by atoms with Crippen LogP contribution in [-0.4, -0.2) is 46.7 Å². The molecule has 2 aromatic rings. The molecule has 0 aromatic heterocycles. The fourth-order valence-electron chi connectivity index (χ4n) is 4.14. The Bertz CT molecular complexity index is 1060. The highest BCUT2D eigenvalue weighted by atomic mass is 35.5. The number of sulfonamides is 1. The Balaban J connectivity index is 1.44. The average Bonchev–Trinajstić information content (AvgIpc) is 3.51. The van der Waals surface area contributed by atoms with Crippen molar-refractivity contribution in [2.45, 2.75) is 43.2 Å². The molecule has 4 rings (SSSR count). The van der Waals surface area contributed by atoms with Gasteiger partial charge in [-0.1, -0.05) is 29.8 Å². The van der Waals surface area contributed by atoms with E-state index in [-0.39, 0.29) is 34.0 Å². The molecule has 1 amide bonds. The van der Waals surface area contributed by atoms with Crippen molar-refractivity contribution in [2.24, 2.45) is 0 Å².